The lowest BCUT2D eigenvalue weighted by Gasteiger charge is -2.25. The Morgan fingerprint density at radius 3 is 0.988 bits per heavy atom. The SMILES string of the molecule is CC/C=C\C/C=C\C/C=C\C/C=C\C/C=C\C/C=C\CCCCCCCCCCCCCCCCCCC(=O)OC(COC(=O)CCCCCCCCCCCCCCCCCCCCCCCCCCCC)COC(OCC[N+](C)(C)C)C(=O)O. The van der Waals surface area contributed by atoms with Crippen LogP contribution in [0.25, 0.3) is 0 Å². The molecule has 9 heteroatoms. The molecule has 0 radical (unpaired) electrons. The van der Waals surface area contributed by atoms with E-state index >= 15 is 0 Å². The van der Waals surface area contributed by atoms with Crippen molar-refractivity contribution in [2.24, 2.45) is 0 Å². The number of carbonyl (C=O) groups is 3. The molecule has 0 heterocycles. The fraction of sp³-hybridized carbons (Fsp3) is 0.805. The van der Waals surface area contributed by atoms with Gasteiger partial charge in [0.15, 0.2) is 6.10 Å². The summed E-state index contributed by atoms with van der Waals surface area (Å²) in [6.45, 7) is 4.82. The molecule has 9 nitrogen and oxygen atoms in total. The van der Waals surface area contributed by atoms with Crippen LogP contribution in [-0.2, 0) is 33.3 Å². The number of hydrogen-bond donors (Lipinski definition) is 1. The number of unbranched alkanes of at least 4 members (excludes halogenated alkanes) is 41. The van der Waals surface area contributed by atoms with Crippen molar-refractivity contribution in [3.63, 3.8) is 0 Å². The van der Waals surface area contributed by atoms with Crippen molar-refractivity contribution in [3.8, 4) is 0 Å². The number of rotatable bonds is 68. The van der Waals surface area contributed by atoms with Crippen LogP contribution < -0.4 is 0 Å². The van der Waals surface area contributed by atoms with Gasteiger partial charge in [0, 0.05) is 12.8 Å². The summed E-state index contributed by atoms with van der Waals surface area (Å²) in [5.74, 6) is -1.98. The van der Waals surface area contributed by atoms with Crippen LogP contribution >= 0.6 is 0 Å². The highest BCUT2D eigenvalue weighted by molar-refractivity contribution is 5.71. The molecular formula is C77H140NO8+. The molecule has 86 heavy (non-hydrogen) atoms. The number of hydrogen-bond acceptors (Lipinski definition) is 7. The van der Waals surface area contributed by atoms with Gasteiger partial charge in [-0.15, -0.1) is 0 Å². The number of esters is 2. The van der Waals surface area contributed by atoms with Crippen molar-refractivity contribution in [2.45, 2.75) is 354 Å². The van der Waals surface area contributed by atoms with E-state index < -0.39 is 18.4 Å². The zero-order chi connectivity index (χ0) is 62.6. The first-order valence-electron chi connectivity index (χ1n) is 36.6. The highest BCUT2D eigenvalue weighted by atomic mass is 16.7. The van der Waals surface area contributed by atoms with Crippen molar-refractivity contribution < 1.29 is 42.9 Å². The molecule has 0 saturated heterocycles. The zero-order valence-electron chi connectivity index (χ0n) is 57.2. The van der Waals surface area contributed by atoms with Crippen LogP contribution in [-0.4, -0.2) is 87.4 Å². The Kier molecular flexibility index (Phi) is 65.1. The van der Waals surface area contributed by atoms with Crippen molar-refractivity contribution in [3.05, 3.63) is 72.9 Å². The molecule has 2 unspecified atom stereocenters. The van der Waals surface area contributed by atoms with Gasteiger partial charge < -0.3 is 28.5 Å². The summed E-state index contributed by atoms with van der Waals surface area (Å²) < 4.78 is 23.0. The van der Waals surface area contributed by atoms with Gasteiger partial charge >= 0.3 is 17.9 Å². The largest absolute Gasteiger partial charge is 0.477 e. The average molecular weight is 1210 g/mol. The van der Waals surface area contributed by atoms with Gasteiger partial charge in [-0.3, -0.25) is 9.59 Å². The predicted molar refractivity (Wildman–Crippen MR) is 369 cm³/mol. The minimum absolute atomic E-state index is 0.178. The molecule has 0 amide bonds. The lowest BCUT2D eigenvalue weighted by Crippen LogP contribution is -2.40. The molecule has 0 aromatic rings. The Morgan fingerprint density at radius 2 is 0.663 bits per heavy atom. The zero-order valence-corrected chi connectivity index (χ0v) is 57.2. The van der Waals surface area contributed by atoms with E-state index in [2.05, 4.69) is 86.8 Å². The molecule has 0 aromatic carbocycles. The molecule has 0 aliphatic rings. The van der Waals surface area contributed by atoms with E-state index in [9.17, 15) is 19.5 Å². The maximum atomic E-state index is 13.0. The molecule has 2 atom stereocenters. The Labute approximate surface area is 532 Å². The summed E-state index contributed by atoms with van der Waals surface area (Å²) in [6, 6.07) is 0. The number of carboxylic acids is 1. The van der Waals surface area contributed by atoms with Gasteiger partial charge in [0.2, 0.25) is 0 Å². The monoisotopic (exact) mass is 1210 g/mol. The number of aliphatic carboxylic acids is 1. The van der Waals surface area contributed by atoms with Gasteiger partial charge in [0.05, 0.1) is 34.4 Å². The highest BCUT2D eigenvalue weighted by Crippen LogP contribution is 2.19. The summed E-state index contributed by atoms with van der Waals surface area (Å²) in [5, 5.41) is 9.76. The van der Waals surface area contributed by atoms with Crippen LogP contribution in [0.4, 0.5) is 0 Å². The van der Waals surface area contributed by atoms with Crippen LogP contribution in [0.1, 0.15) is 341 Å². The second-order valence-corrected chi connectivity index (χ2v) is 25.9. The van der Waals surface area contributed by atoms with Gasteiger partial charge in [-0.2, -0.15) is 0 Å². The molecule has 0 saturated carbocycles. The van der Waals surface area contributed by atoms with E-state index in [0.717, 1.165) is 77.0 Å². The predicted octanol–water partition coefficient (Wildman–Crippen LogP) is 22.9. The van der Waals surface area contributed by atoms with Gasteiger partial charge in [0.25, 0.3) is 6.29 Å². The minimum Gasteiger partial charge on any atom is -0.477 e. The third kappa shape index (κ3) is 68.2. The summed E-state index contributed by atoms with van der Waals surface area (Å²) in [5.41, 5.74) is 0. The van der Waals surface area contributed by atoms with Gasteiger partial charge in [0.1, 0.15) is 13.2 Å². The van der Waals surface area contributed by atoms with Gasteiger partial charge in [-0.05, 0) is 64.2 Å². The average Bonchev–Trinajstić information content (AvgIpc) is 3.64. The van der Waals surface area contributed by atoms with Crippen LogP contribution in [0, 0.1) is 0 Å². The molecule has 0 aromatic heterocycles. The van der Waals surface area contributed by atoms with Crippen molar-refractivity contribution in [1.29, 1.82) is 0 Å². The van der Waals surface area contributed by atoms with Crippen LogP contribution in [0.15, 0.2) is 72.9 Å². The molecule has 1 N–H and O–H groups in total. The maximum Gasteiger partial charge on any atom is 0.361 e. The van der Waals surface area contributed by atoms with Crippen molar-refractivity contribution in [1.82, 2.24) is 0 Å². The molecule has 0 rings (SSSR count). The Morgan fingerprint density at radius 1 is 0.360 bits per heavy atom. The van der Waals surface area contributed by atoms with Crippen LogP contribution in [0.5, 0.6) is 0 Å². The quantitative estimate of drug-likeness (QED) is 0.0211. The lowest BCUT2D eigenvalue weighted by atomic mass is 10.0. The Balaban J connectivity index is 4.06. The van der Waals surface area contributed by atoms with Gasteiger partial charge in [-0.1, -0.05) is 337 Å². The number of likely N-dealkylation sites (N-methyl/N-ethyl adjacent to an activating group) is 1. The lowest BCUT2D eigenvalue weighted by molar-refractivity contribution is -0.870. The first-order chi connectivity index (χ1) is 42.1. The number of ether oxygens (including phenoxy) is 4. The topological polar surface area (TPSA) is 108 Å². The third-order valence-electron chi connectivity index (χ3n) is 16.2. The summed E-state index contributed by atoms with van der Waals surface area (Å²) >= 11 is 0. The summed E-state index contributed by atoms with van der Waals surface area (Å²) in [6.07, 6.45) is 87.4. The molecule has 0 bridgehead atoms. The number of quaternary nitrogens is 1. The second-order valence-electron chi connectivity index (χ2n) is 25.9. The van der Waals surface area contributed by atoms with Crippen LogP contribution in [0.2, 0.25) is 0 Å². The van der Waals surface area contributed by atoms with Gasteiger partial charge in [-0.25, -0.2) is 4.79 Å². The normalized spacial score (nSPS) is 13.1. The van der Waals surface area contributed by atoms with E-state index in [1.54, 1.807) is 0 Å². The number of carboxylic acid groups (broad SMARTS) is 1. The fourth-order valence-electron chi connectivity index (χ4n) is 10.7. The maximum absolute atomic E-state index is 13.0. The first kappa shape index (κ1) is 82.7. The highest BCUT2D eigenvalue weighted by Gasteiger charge is 2.25. The van der Waals surface area contributed by atoms with E-state index in [1.165, 1.54) is 238 Å². The number of allylic oxidation sites excluding steroid dienone is 12. The molecule has 0 fully saturated rings. The molecule has 0 aliphatic carbocycles. The molecule has 0 aliphatic heterocycles. The third-order valence-corrected chi connectivity index (χ3v) is 16.2. The Hall–Kier alpha value is -3.27. The first-order valence-corrected chi connectivity index (χ1v) is 36.6. The van der Waals surface area contributed by atoms with E-state index in [1.807, 2.05) is 21.1 Å². The fourth-order valence-corrected chi connectivity index (χ4v) is 10.7. The molecular weight excluding hydrogens is 1070 g/mol. The van der Waals surface area contributed by atoms with Crippen LogP contribution in [0.3, 0.4) is 0 Å². The smallest absolute Gasteiger partial charge is 0.361 e. The second kappa shape index (κ2) is 67.7. The summed E-state index contributed by atoms with van der Waals surface area (Å²) in [7, 11) is 5.99. The minimum atomic E-state index is -1.51. The van der Waals surface area contributed by atoms with E-state index in [4.69, 9.17) is 18.9 Å². The summed E-state index contributed by atoms with van der Waals surface area (Å²) in [4.78, 5) is 37.7. The number of nitrogens with zero attached hydrogens (tertiary/aromatic N) is 1. The van der Waals surface area contributed by atoms with Crippen molar-refractivity contribution in [2.75, 3.05) is 47.5 Å². The molecule has 0 spiro atoms. The Bertz CT molecular complexity index is 1640. The van der Waals surface area contributed by atoms with Crippen molar-refractivity contribution >= 4 is 17.9 Å². The standard InChI is InChI=1S/C77H139NO8/c1-6-8-10-12-14-16-18-20-22-24-26-28-30-32-34-35-36-37-38-39-40-41-42-44-46-48-50-52-54-56-58-60-62-64-66-68-75(80)86-73(72-85-77(76(81)82)83-70-69-78(3,4)5)71-84-74(79)67-65-63-61-59-57-55-53-51-49-47-45-43-33-31-29-27-25-23-21-19-17-15-13-11-9-7-2/h8,10,14,16,20,22,26,28,32,34,36-37,73,77H,6-7,9,11-13,15,17-19,21,23-25,27,29-31,33,35,38-72H2,1-5H3/p+1/b10-8-,16-14-,22-20-,28-26-,34-32-,37-36-. The van der Waals surface area contributed by atoms with E-state index in [-0.39, 0.29) is 38.2 Å². The van der Waals surface area contributed by atoms with E-state index in [0.29, 0.717) is 17.4 Å². The number of carbonyl (C=O) groups excluding carboxylic acids is 2. The molecule has 500 valence electrons.